The lowest BCUT2D eigenvalue weighted by atomic mass is 9.92. The number of benzene rings is 1. The minimum Gasteiger partial charge on any atom is -0.261 e. The van der Waals surface area contributed by atoms with E-state index in [1.165, 1.54) is 0 Å². The molecule has 1 aromatic carbocycles. The average molecular weight is 315 g/mol. The van der Waals surface area contributed by atoms with Gasteiger partial charge in [-0.1, -0.05) is 18.2 Å². The molecule has 3 rings (SSSR count). The highest BCUT2D eigenvalue weighted by Gasteiger charge is 2.36. The van der Waals surface area contributed by atoms with Crippen LogP contribution in [0.4, 0.5) is 8.78 Å². The normalized spacial score (nSPS) is 20.4. The van der Waals surface area contributed by atoms with E-state index in [4.69, 9.17) is 0 Å². The lowest BCUT2D eigenvalue weighted by molar-refractivity contribution is -0.0446. The van der Waals surface area contributed by atoms with Crippen molar-refractivity contribution in [2.24, 2.45) is 0 Å². The molecule has 18 heavy (non-hydrogen) atoms. The topological polar surface area (TPSA) is 17.8 Å². The molecular weight excluding hydrogens is 302 g/mol. The van der Waals surface area contributed by atoms with Gasteiger partial charge in [-0.25, -0.2) is 8.78 Å². The van der Waals surface area contributed by atoms with Crippen molar-refractivity contribution >= 4 is 26.8 Å². The third-order valence-electron chi connectivity index (χ3n) is 3.60. The Morgan fingerprint density at radius 2 is 1.89 bits per heavy atom. The van der Waals surface area contributed by atoms with Gasteiger partial charge < -0.3 is 0 Å². The first kappa shape index (κ1) is 12.1. The standard InChI is InChI=1S/C13H13BrF2N2/c14-12-10-3-1-2-4-11(10)18(17-12)9-5-7-13(15,16)8-6-9/h1-4,9H,5-8H2. The molecule has 0 saturated heterocycles. The van der Waals surface area contributed by atoms with Gasteiger partial charge in [0.1, 0.15) is 4.60 Å². The number of fused-ring (bicyclic) bond motifs is 1. The summed E-state index contributed by atoms with van der Waals surface area (Å²) in [4.78, 5) is 0. The molecule has 2 aromatic rings. The van der Waals surface area contributed by atoms with Crippen molar-refractivity contribution < 1.29 is 8.78 Å². The first-order chi connectivity index (χ1) is 8.57. The molecule has 1 aliphatic carbocycles. The van der Waals surface area contributed by atoms with E-state index in [9.17, 15) is 8.78 Å². The maximum Gasteiger partial charge on any atom is 0.248 e. The summed E-state index contributed by atoms with van der Waals surface area (Å²) in [6.07, 6.45) is 0.906. The van der Waals surface area contributed by atoms with Crippen molar-refractivity contribution in [3.8, 4) is 0 Å². The molecule has 1 fully saturated rings. The molecule has 0 bridgehead atoms. The van der Waals surface area contributed by atoms with Crippen LogP contribution in [0.3, 0.4) is 0 Å². The van der Waals surface area contributed by atoms with E-state index in [-0.39, 0.29) is 18.9 Å². The van der Waals surface area contributed by atoms with Crippen LogP contribution in [-0.4, -0.2) is 15.7 Å². The molecule has 1 heterocycles. The molecule has 0 atom stereocenters. The highest BCUT2D eigenvalue weighted by Crippen LogP contribution is 2.39. The van der Waals surface area contributed by atoms with Crippen molar-refractivity contribution in [3.63, 3.8) is 0 Å². The van der Waals surface area contributed by atoms with E-state index >= 15 is 0 Å². The molecule has 1 aliphatic rings. The molecule has 1 aromatic heterocycles. The summed E-state index contributed by atoms with van der Waals surface area (Å²) in [5.41, 5.74) is 1.01. The van der Waals surface area contributed by atoms with Crippen LogP contribution in [0.5, 0.6) is 0 Å². The molecular formula is C13H13BrF2N2. The van der Waals surface area contributed by atoms with Gasteiger partial charge in [0, 0.05) is 18.2 Å². The van der Waals surface area contributed by atoms with E-state index in [1.54, 1.807) is 0 Å². The summed E-state index contributed by atoms with van der Waals surface area (Å²) in [6.45, 7) is 0. The Hall–Kier alpha value is -0.970. The second-order valence-electron chi connectivity index (χ2n) is 4.84. The maximum atomic E-state index is 13.2. The van der Waals surface area contributed by atoms with Gasteiger partial charge in [-0.3, -0.25) is 4.68 Å². The van der Waals surface area contributed by atoms with Crippen LogP contribution in [-0.2, 0) is 0 Å². The number of hydrogen-bond donors (Lipinski definition) is 0. The van der Waals surface area contributed by atoms with Crippen LogP contribution >= 0.6 is 15.9 Å². The molecule has 1 saturated carbocycles. The lowest BCUT2D eigenvalue weighted by Gasteiger charge is -2.28. The van der Waals surface area contributed by atoms with Gasteiger partial charge in [0.15, 0.2) is 0 Å². The van der Waals surface area contributed by atoms with Crippen LogP contribution in [0, 0.1) is 0 Å². The predicted octanol–water partition coefficient (Wildman–Crippen LogP) is 4.55. The minimum absolute atomic E-state index is 0.0382. The Morgan fingerprint density at radius 1 is 1.22 bits per heavy atom. The zero-order valence-electron chi connectivity index (χ0n) is 9.74. The Balaban J connectivity index is 1.96. The van der Waals surface area contributed by atoms with Gasteiger partial charge in [0.25, 0.3) is 0 Å². The van der Waals surface area contributed by atoms with Gasteiger partial charge in [-0.2, -0.15) is 5.10 Å². The summed E-state index contributed by atoms with van der Waals surface area (Å²) in [5.74, 6) is -2.49. The van der Waals surface area contributed by atoms with Crippen LogP contribution in [0.1, 0.15) is 31.7 Å². The van der Waals surface area contributed by atoms with E-state index in [2.05, 4.69) is 21.0 Å². The molecule has 0 N–H and O–H groups in total. The molecule has 0 spiro atoms. The van der Waals surface area contributed by atoms with Crippen molar-refractivity contribution in [1.82, 2.24) is 9.78 Å². The van der Waals surface area contributed by atoms with Gasteiger partial charge in [0.2, 0.25) is 5.92 Å². The Labute approximate surface area is 112 Å². The summed E-state index contributed by atoms with van der Waals surface area (Å²) < 4.78 is 29.0. The average Bonchev–Trinajstić information content (AvgIpc) is 2.68. The monoisotopic (exact) mass is 314 g/mol. The van der Waals surface area contributed by atoms with Crippen LogP contribution in [0.2, 0.25) is 0 Å². The largest absolute Gasteiger partial charge is 0.261 e. The van der Waals surface area contributed by atoms with Gasteiger partial charge in [0.05, 0.1) is 11.6 Å². The zero-order valence-corrected chi connectivity index (χ0v) is 11.3. The number of aromatic nitrogens is 2. The zero-order chi connectivity index (χ0) is 12.8. The molecule has 96 valence electrons. The third kappa shape index (κ3) is 2.05. The van der Waals surface area contributed by atoms with E-state index in [0.29, 0.717) is 12.8 Å². The van der Waals surface area contributed by atoms with Gasteiger partial charge >= 0.3 is 0 Å². The van der Waals surface area contributed by atoms with Crippen molar-refractivity contribution in [2.45, 2.75) is 37.6 Å². The van der Waals surface area contributed by atoms with E-state index in [1.807, 2.05) is 28.9 Å². The lowest BCUT2D eigenvalue weighted by Crippen LogP contribution is -2.26. The number of halogens is 3. The Kier molecular flexibility index (Phi) is 2.88. The van der Waals surface area contributed by atoms with Crippen molar-refractivity contribution in [2.75, 3.05) is 0 Å². The predicted molar refractivity (Wildman–Crippen MR) is 69.9 cm³/mol. The van der Waals surface area contributed by atoms with Crippen molar-refractivity contribution in [3.05, 3.63) is 28.9 Å². The number of rotatable bonds is 1. The fourth-order valence-corrected chi connectivity index (χ4v) is 3.10. The quantitative estimate of drug-likeness (QED) is 0.755. The Bertz CT molecular complexity index is 569. The molecule has 0 aliphatic heterocycles. The summed E-state index contributed by atoms with van der Waals surface area (Å²) in [5, 5.41) is 5.49. The summed E-state index contributed by atoms with van der Waals surface area (Å²) in [6, 6.07) is 7.96. The highest BCUT2D eigenvalue weighted by molar-refractivity contribution is 9.10. The van der Waals surface area contributed by atoms with Gasteiger partial charge in [-0.05, 0) is 34.8 Å². The number of nitrogens with zero attached hydrogens (tertiary/aromatic N) is 2. The molecule has 0 radical (unpaired) electrons. The number of para-hydroxylation sites is 1. The van der Waals surface area contributed by atoms with Gasteiger partial charge in [-0.15, -0.1) is 0 Å². The molecule has 2 nitrogen and oxygen atoms in total. The summed E-state index contributed by atoms with van der Waals surface area (Å²) >= 11 is 3.43. The van der Waals surface area contributed by atoms with E-state index in [0.717, 1.165) is 15.5 Å². The molecule has 0 amide bonds. The number of hydrogen-bond acceptors (Lipinski definition) is 1. The second kappa shape index (κ2) is 4.30. The fraction of sp³-hybridized carbons (Fsp3) is 0.462. The van der Waals surface area contributed by atoms with Crippen molar-refractivity contribution in [1.29, 1.82) is 0 Å². The second-order valence-corrected chi connectivity index (χ2v) is 5.59. The third-order valence-corrected chi connectivity index (χ3v) is 4.19. The summed E-state index contributed by atoms with van der Waals surface area (Å²) in [7, 11) is 0. The molecule has 5 heteroatoms. The highest BCUT2D eigenvalue weighted by atomic mass is 79.9. The van der Waals surface area contributed by atoms with Crippen LogP contribution < -0.4 is 0 Å². The first-order valence-corrected chi connectivity index (χ1v) is 6.87. The number of alkyl halides is 2. The van der Waals surface area contributed by atoms with E-state index < -0.39 is 5.92 Å². The fourth-order valence-electron chi connectivity index (χ4n) is 2.60. The smallest absolute Gasteiger partial charge is 0.248 e. The van der Waals surface area contributed by atoms with Crippen LogP contribution in [0.15, 0.2) is 28.9 Å². The first-order valence-electron chi connectivity index (χ1n) is 6.07. The molecule has 0 unspecified atom stereocenters. The van der Waals surface area contributed by atoms with Crippen LogP contribution in [0.25, 0.3) is 10.9 Å². The maximum absolute atomic E-state index is 13.2. The Morgan fingerprint density at radius 3 is 2.61 bits per heavy atom. The SMILES string of the molecule is FC1(F)CCC(n2nc(Br)c3ccccc32)CC1. The minimum atomic E-state index is -2.49.